The summed E-state index contributed by atoms with van der Waals surface area (Å²) in [4.78, 5) is 14.0. The lowest BCUT2D eigenvalue weighted by Crippen LogP contribution is -2.42. The summed E-state index contributed by atoms with van der Waals surface area (Å²) in [5.74, 6) is 0.572. The van der Waals surface area contributed by atoms with E-state index in [1.54, 1.807) is 17.0 Å². The molecule has 1 aromatic carbocycles. The van der Waals surface area contributed by atoms with E-state index >= 15 is 0 Å². The molecular weight excluding hydrogens is 420 g/mol. The summed E-state index contributed by atoms with van der Waals surface area (Å²) in [7, 11) is 0. The topological polar surface area (TPSA) is 50.8 Å². The fourth-order valence-corrected chi connectivity index (χ4v) is 3.42. The molecule has 5 nitrogen and oxygen atoms in total. The van der Waals surface area contributed by atoms with Crippen molar-refractivity contribution in [2.75, 3.05) is 32.8 Å². The zero-order valence-corrected chi connectivity index (χ0v) is 18.3. The summed E-state index contributed by atoms with van der Waals surface area (Å²) in [6.45, 7) is 8.03. The molecule has 6 heteroatoms. The first-order valence-corrected chi connectivity index (χ1v) is 11.1. The summed E-state index contributed by atoms with van der Waals surface area (Å²) < 4.78 is 12.4. The third kappa shape index (κ3) is 9.22. The Morgan fingerprint density at radius 1 is 1.14 bits per heavy atom. The van der Waals surface area contributed by atoms with Gasteiger partial charge in [0.1, 0.15) is 5.75 Å². The van der Waals surface area contributed by atoms with Crippen molar-refractivity contribution in [2.24, 2.45) is 0 Å². The minimum Gasteiger partial charge on any atom is -0.410 e. The van der Waals surface area contributed by atoms with Gasteiger partial charge >= 0.3 is 6.09 Å². The zero-order valence-electron chi connectivity index (χ0n) is 16.7. The van der Waals surface area contributed by atoms with Gasteiger partial charge in [-0.3, -0.25) is 0 Å². The van der Waals surface area contributed by atoms with Crippen molar-refractivity contribution in [1.82, 2.24) is 10.2 Å². The molecule has 1 aromatic rings. The number of hydrogen-bond acceptors (Lipinski definition) is 4. The first kappa shape index (κ1) is 22.9. The van der Waals surface area contributed by atoms with Crippen molar-refractivity contribution in [3.63, 3.8) is 0 Å². The van der Waals surface area contributed by atoms with Gasteiger partial charge in [0.05, 0.1) is 6.10 Å². The Labute approximate surface area is 177 Å². The maximum atomic E-state index is 12.2. The molecule has 28 heavy (non-hydrogen) atoms. The van der Waals surface area contributed by atoms with E-state index < -0.39 is 0 Å². The molecule has 0 aromatic heterocycles. The normalized spacial score (nSPS) is 14.8. The number of halogens is 1. The Morgan fingerprint density at radius 2 is 1.86 bits per heavy atom. The molecule has 1 aliphatic heterocycles. The molecule has 0 unspecified atom stereocenters. The zero-order chi connectivity index (χ0) is 20.0. The number of piperidine rings is 1. The van der Waals surface area contributed by atoms with E-state index in [4.69, 9.17) is 9.47 Å². The van der Waals surface area contributed by atoms with Crippen LogP contribution in [-0.2, 0) is 4.74 Å². The van der Waals surface area contributed by atoms with Crippen LogP contribution in [0.2, 0.25) is 0 Å². The van der Waals surface area contributed by atoms with Crippen LogP contribution < -0.4 is 10.1 Å². The number of nitrogens with zero attached hydrogens (tertiary/aromatic N) is 1. The van der Waals surface area contributed by atoms with Crippen molar-refractivity contribution in [3.05, 3.63) is 41.4 Å². The standard InChI is InChI=1S/C22H33BrN2O3/c1-2-3-14-24-15-6-4-5-7-18-27-20-12-16-25(17-13-20)22(26)28-21-10-8-19(23)9-11-21/h2,8-11,20,24H,1,3-7,12-18H2. The average molecular weight is 453 g/mol. The maximum absolute atomic E-state index is 12.2. The van der Waals surface area contributed by atoms with Gasteiger partial charge in [-0.05, 0) is 69.5 Å². The second kappa shape index (κ2) is 13.7. The van der Waals surface area contributed by atoms with Crippen molar-refractivity contribution >= 4 is 22.0 Å². The molecule has 1 N–H and O–H groups in total. The summed E-state index contributed by atoms with van der Waals surface area (Å²) >= 11 is 3.37. The van der Waals surface area contributed by atoms with Gasteiger partial charge in [-0.25, -0.2) is 4.79 Å². The molecular formula is C22H33BrN2O3. The fraction of sp³-hybridized carbons (Fsp3) is 0.591. The molecule has 1 amide bonds. The van der Waals surface area contributed by atoms with Gasteiger partial charge in [-0.2, -0.15) is 0 Å². The van der Waals surface area contributed by atoms with E-state index in [1.165, 1.54) is 19.3 Å². The van der Waals surface area contributed by atoms with Crippen LogP contribution in [-0.4, -0.2) is 49.9 Å². The molecule has 1 heterocycles. The number of rotatable bonds is 12. The number of amides is 1. The molecule has 1 aliphatic rings. The van der Waals surface area contributed by atoms with Gasteiger partial charge in [0.15, 0.2) is 0 Å². The van der Waals surface area contributed by atoms with Gasteiger partial charge in [0.2, 0.25) is 0 Å². The highest BCUT2D eigenvalue weighted by Gasteiger charge is 2.24. The SMILES string of the molecule is C=CCCNCCCCCCOC1CCN(C(=O)Oc2ccc(Br)cc2)CC1. The lowest BCUT2D eigenvalue weighted by Gasteiger charge is -2.31. The Balaban J connectivity index is 1.48. The van der Waals surface area contributed by atoms with Crippen LogP contribution in [0.25, 0.3) is 0 Å². The lowest BCUT2D eigenvalue weighted by atomic mass is 10.1. The highest BCUT2D eigenvalue weighted by molar-refractivity contribution is 9.10. The highest BCUT2D eigenvalue weighted by Crippen LogP contribution is 2.19. The van der Waals surface area contributed by atoms with Crippen LogP contribution in [0.1, 0.15) is 44.9 Å². The highest BCUT2D eigenvalue weighted by atomic mass is 79.9. The minimum atomic E-state index is -0.275. The lowest BCUT2D eigenvalue weighted by molar-refractivity contribution is 0.00933. The molecule has 1 fully saturated rings. The number of ether oxygens (including phenoxy) is 2. The maximum Gasteiger partial charge on any atom is 0.415 e. The Bertz CT molecular complexity index is 572. The molecule has 2 rings (SSSR count). The molecule has 156 valence electrons. The van der Waals surface area contributed by atoms with Crippen LogP contribution >= 0.6 is 15.9 Å². The predicted octanol–water partition coefficient (Wildman–Crippen LogP) is 5.16. The Hall–Kier alpha value is -1.37. The fourth-order valence-electron chi connectivity index (χ4n) is 3.16. The predicted molar refractivity (Wildman–Crippen MR) is 117 cm³/mol. The number of likely N-dealkylation sites (tertiary alicyclic amines) is 1. The summed E-state index contributed by atoms with van der Waals surface area (Å²) in [6, 6.07) is 7.30. The summed E-state index contributed by atoms with van der Waals surface area (Å²) in [5.41, 5.74) is 0. The van der Waals surface area contributed by atoms with Crippen LogP contribution in [0.3, 0.4) is 0 Å². The van der Waals surface area contributed by atoms with Gasteiger partial charge in [0, 0.05) is 24.2 Å². The smallest absolute Gasteiger partial charge is 0.410 e. The Morgan fingerprint density at radius 3 is 2.57 bits per heavy atom. The first-order chi connectivity index (χ1) is 13.7. The van der Waals surface area contributed by atoms with E-state index in [1.807, 2.05) is 18.2 Å². The third-order valence-corrected chi connectivity index (χ3v) is 5.37. The monoisotopic (exact) mass is 452 g/mol. The van der Waals surface area contributed by atoms with Gasteiger partial charge in [-0.15, -0.1) is 6.58 Å². The van der Waals surface area contributed by atoms with E-state index in [9.17, 15) is 4.79 Å². The number of carbonyl (C=O) groups is 1. The molecule has 1 saturated heterocycles. The number of hydrogen-bond donors (Lipinski definition) is 1. The second-order valence-electron chi connectivity index (χ2n) is 7.12. The van der Waals surface area contributed by atoms with Gasteiger partial charge < -0.3 is 19.7 Å². The second-order valence-corrected chi connectivity index (χ2v) is 8.04. The molecule has 0 bridgehead atoms. The number of benzene rings is 1. The number of unbranched alkanes of at least 4 members (excludes halogenated alkanes) is 3. The van der Waals surface area contributed by atoms with Crippen molar-refractivity contribution < 1.29 is 14.3 Å². The largest absolute Gasteiger partial charge is 0.415 e. The molecule has 0 aliphatic carbocycles. The van der Waals surface area contributed by atoms with Gasteiger partial charge in [-0.1, -0.05) is 34.8 Å². The van der Waals surface area contributed by atoms with Crippen molar-refractivity contribution in [3.8, 4) is 5.75 Å². The number of nitrogens with one attached hydrogen (secondary N) is 1. The molecule has 0 spiro atoms. The summed E-state index contributed by atoms with van der Waals surface area (Å²) in [5, 5.41) is 3.41. The van der Waals surface area contributed by atoms with E-state index in [2.05, 4.69) is 27.8 Å². The molecule has 0 saturated carbocycles. The molecule has 0 radical (unpaired) electrons. The average Bonchev–Trinajstić information content (AvgIpc) is 2.71. The third-order valence-electron chi connectivity index (χ3n) is 4.85. The van der Waals surface area contributed by atoms with Gasteiger partial charge in [0.25, 0.3) is 0 Å². The Kier molecular flexibility index (Phi) is 11.3. The van der Waals surface area contributed by atoms with E-state index in [-0.39, 0.29) is 12.2 Å². The quantitative estimate of drug-likeness (QED) is 0.351. The van der Waals surface area contributed by atoms with Crippen LogP contribution in [0, 0.1) is 0 Å². The van der Waals surface area contributed by atoms with E-state index in [0.717, 1.165) is 49.9 Å². The van der Waals surface area contributed by atoms with Crippen molar-refractivity contribution in [1.29, 1.82) is 0 Å². The van der Waals surface area contributed by atoms with Crippen LogP contribution in [0.5, 0.6) is 5.75 Å². The van der Waals surface area contributed by atoms with Crippen LogP contribution in [0.4, 0.5) is 4.79 Å². The summed E-state index contributed by atoms with van der Waals surface area (Å²) in [6.07, 6.45) is 9.50. The van der Waals surface area contributed by atoms with Crippen LogP contribution in [0.15, 0.2) is 41.4 Å². The number of carbonyl (C=O) groups excluding carboxylic acids is 1. The minimum absolute atomic E-state index is 0.261. The van der Waals surface area contributed by atoms with Crippen molar-refractivity contribution in [2.45, 2.75) is 51.0 Å². The molecule has 0 atom stereocenters. The van der Waals surface area contributed by atoms with E-state index in [0.29, 0.717) is 18.8 Å². The first-order valence-electron chi connectivity index (χ1n) is 10.3.